The van der Waals surface area contributed by atoms with Gasteiger partial charge in [0.2, 0.25) is 0 Å². The van der Waals surface area contributed by atoms with Gasteiger partial charge in [0.05, 0.1) is 4.90 Å². The summed E-state index contributed by atoms with van der Waals surface area (Å²) in [4.78, 5) is 0.359. The lowest BCUT2D eigenvalue weighted by molar-refractivity contribution is 0.574. The van der Waals surface area contributed by atoms with Crippen LogP contribution in [0.25, 0.3) is 0 Å². The molecule has 0 aliphatic heterocycles. The van der Waals surface area contributed by atoms with Crippen molar-refractivity contribution in [2.45, 2.75) is 24.4 Å². The lowest BCUT2D eigenvalue weighted by atomic mass is 10.1. The van der Waals surface area contributed by atoms with Crippen molar-refractivity contribution >= 4 is 9.84 Å². The summed E-state index contributed by atoms with van der Waals surface area (Å²) in [5.74, 6) is 0. The Morgan fingerprint density at radius 1 is 1.00 bits per heavy atom. The molecule has 1 atom stereocenters. The smallest absolute Gasteiger partial charge is 0.175 e. The Bertz CT molecular complexity index is 649. The first kappa shape index (κ1) is 14.8. The van der Waals surface area contributed by atoms with Gasteiger partial charge in [-0.3, -0.25) is 0 Å². The fourth-order valence-corrected chi connectivity index (χ4v) is 2.62. The molecule has 20 heavy (non-hydrogen) atoms. The lowest BCUT2D eigenvalue weighted by Crippen LogP contribution is -2.18. The van der Waals surface area contributed by atoms with E-state index in [0.29, 0.717) is 11.4 Å². The van der Waals surface area contributed by atoms with E-state index in [-0.39, 0.29) is 6.04 Å². The molecule has 0 saturated heterocycles. The van der Waals surface area contributed by atoms with E-state index in [1.165, 1.54) is 11.8 Å². The molecule has 4 heteroatoms. The second-order valence-electron chi connectivity index (χ2n) is 4.93. The van der Waals surface area contributed by atoms with Gasteiger partial charge in [0.15, 0.2) is 9.84 Å². The molecule has 0 aromatic heterocycles. The van der Waals surface area contributed by atoms with Crippen LogP contribution in [0.15, 0.2) is 59.5 Å². The second kappa shape index (κ2) is 6.20. The summed E-state index contributed by atoms with van der Waals surface area (Å²) in [5, 5.41) is 3.42. The zero-order valence-electron chi connectivity index (χ0n) is 11.7. The molecule has 0 aliphatic rings. The van der Waals surface area contributed by atoms with Crippen molar-refractivity contribution in [3.05, 3.63) is 65.7 Å². The molecule has 3 nitrogen and oxygen atoms in total. The van der Waals surface area contributed by atoms with Crippen LogP contribution in [0.5, 0.6) is 0 Å². The van der Waals surface area contributed by atoms with Gasteiger partial charge in [-0.15, -0.1) is 0 Å². The van der Waals surface area contributed by atoms with Crippen molar-refractivity contribution in [2.24, 2.45) is 0 Å². The fourth-order valence-electron chi connectivity index (χ4n) is 1.99. The zero-order valence-corrected chi connectivity index (χ0v) is 12.5. The van der Waals surface area contributed by atoms with Gasteiger partial charge < -0.3 is 5.32 Å². The minimum absolute atomic E-state index is 0.255. The van der Waals surface area contributed by atoms with E-state index in [1.807, 2.05) is 30.3 Å². The van der Waals surface area contributed by atoms with E-state index in [1.54, 1.807) is 12.1 Å². The largest absolute Gasteiger partial charge is 0.306 e. The van der Waals surface area contributed by atoms with Crippen LogP contribution >= 0.6 is 0 Å². The minimum Gasteiger partial charge on any atom is -0.306 e. The van der Waals surface area contributed by atoms with Crippen LogP contribution in [0.1, 0.15) is 24.1 Å². The van der Waals surface area contributed by atoms with E-state index in [4.69, 9.17) is 0 Å². The Labute approximate surface area is 120 Å². The highest BCUT2D eigenvalue weighted by atomic mass is 32.2. The molecular weight excluding hydrogens is 270 g/mol. The van der Waals surface area contributed by atoms with E-state index < -0.39 is 9.84 Å². The van der Waals surface area contributed by atoms with Gasteiger partial charge >= 0.3 is 0 Å². The summed E-state index contributed by atoms with van der Waals surface area (Å²) in [6.45, 7) is 2.82. The average molecular weight is 289 g/mol. The van der Waals surface area contributed by atoms with E-state index >= 15 is 0 Å². The molecule has 2 rings (SSSR count). The van der Waals surface area contributed by atoms with Gasteiger partial charge in [-0.25, -0.2) is 8.42 Å². The van der Waals surface area contributed by atoms with Crippen LogP contribution in [-0.2, 0) is 16.4 Å². The van der Waals surface area contributed by atoms with Gasteiger partial charge in [-0.1, -0.05) is 42.5 Å². The van der Waals surface area contributed by atoms with Gasteiger partial charge in [0.25, 0.3) is 0 Å². The van der Waals surface area contributed by atoms with Crippen LogP contribution < -0.4 is 5.32 Å². The molecule has 0 radical (unpaired) electrons. The monoisotopic (exact) mass is 289 g/mol. The number of hydrogen-bond donors (Lipinski definition) is 1. The Morgan fingerprint density at radius 3 is 2.15 bits per heavy atom. The van der Waals surface area contributed by atoms with Crippen LogP contribution in [0.3, 0.4) is 0 Å². The Balaban J connectivity index is 1.98. The number of benzene rings is 2. The molecule has 0 saturated carbocycles. The maximum atomic E-state index is 11.4. The Kier molecular flexibility index (Phi) is 4.57. The van der Waals surface area contributed by atoms with Gasteiger partial charge in [0, 0.05) is 18.8 Å². The predicted molar refractivity (Wildman–Crippen MR) is 81.2 cm³/mol. The number of sulfone groups is 1. The van der Waals surface area contributed by atoms with Gasteiger partial charge in [0.1, 0.15) is 0 Å². The standard InChI is InChI=1S/C16H19NO2S/c1-13(15-6-4-3-5-7-15)17-12-14-8-10-16(11-9-14)20(2,18)19/h3-11,13,17H,12H2,1-2H3. The minimum atomic E-state index is -3.11. The average Bonchev–Trinajstić information content (AvgIpc) is 2.45. The third-order valence-corrected chi connectivity index (χ3v) is 4.39. The summed E-state index contributed by atoms with van der Waals surface area (Å²) < 4.78 is 22.8. The van der Waals surface area contributed by atoms with Crippen LogP contribution in [0.2, 0.25) is 0 Å². The highest BCUT2D eigenvalue weighted by Crippen LogP contribution is 2.14. The topological polar surface area (TPSA) is 46.2 Å². The molecule has 0 amide bonds. The maximum Gasteiger partial charge on any atom is 0.175 e. The number of nitrogens with one attached hydrogen (secondary N) is 1. The SMILES string of the molecule is CC(NCc1ccc(S(C)(=O)=O)cc1)c1ccccc1. The van der Waals surface area contributed by atoms with Crippen molar-refractivity contribution in [1.29, 1.82) is 0 Å². The molecule has 2 aromatic carbocycles. The highest BCUT2D eigenvalue weighted by molar-refractivity contribution is 7.90. The molecule has 0 spiro atoms. The molecule has 0 aliphatic carbocycles. The number of hydrogen-bond acceptors (Lipinski definition) is 3. The van der Waals surface area contributed by atoms with E-state index in [2.05, 4.69) is 24.4 Å². The molecule has 0 bridgehead atoms. The summed E-state index contributed by atoms with van der Waals surface area (Å²) in [5.41, 5.74) is 2.31. The van der Waals surface area contributed by atoms with E-state index in [9.17, 15) is 8.42 Å². The molecule has 1 unspecified atom stereocenters. The van der Waals surface area contributed by atoms with Crippen molar-refractivity contribution in [2.75, 3.05) is 6.26 Å². The summed E-state index contributed by atoms with van der Waals surface area (Å²) in [6, 6.07) is 17.5. The summed E-state index contributed by atoms with van der Waals surface area (Å²) >= 11 is 0. The molecule has 2 aromatic rings. The molecule has 106 valence electrons. The van der Waals surface area contributed by atoms with Crippen LogP contribution in [-0.4, -0.2) is 14.7 Å². The third kappa shape index (κ3) is 3.92. The van der Waals surface area contributed by atoms with Crippen molar-refractivity contribution in [1.82, 2.24) is 5.32 Å². The maximum absolute atomic E-state index is 11.4. The number of rotatable bonds is 5. The third-order valence-electron chi connectivity index (χ3n) is 3.26. The predicted octanol–water partition coefficient (Wildman–Crippen LogP) is 2.94. The first-order valence-electron chi connectivity index (χ1n) is 6.54. The Morgan fingerprint density at radius 2 is 1.60 bits per heavy atom. The second-order valence-corrected chi connectivity index (χ2v) is 6.95. The zero-order chi connectivity index (χ0) is 14.6. The van der Waals surface area contributed by atoms with Crippen LogP contribution in [0.4, 0.5) is 0 Å². The first-order chi connectivity index (χ1) is 9.47. The molecule has 0 heterocycles. The van der Waals surface area contributed by atoms with Crippen molar-refractivity contribution in [3.8, 4) is 0 Å². The van der Waals surface area contributed by atoms with Gasteiger partial charge in [-0.05, 0) is 30.2 Å². The highest BCUT2D eigenvalue weighted by Gasteiger charge is 2.07. The van der Waals surface area contributed by atoms with Gasteiger partial charge in [-0.2, -0.15) is 0 Å². The molecule has 1 N–H and O–H groups in total. The first-order valence-corrected chi connectivity index (χ1v) is 8.43. The normalized spacial score (nSPS) is 13.1. The summed E-state index contributed by atoms with van der Waals surface area (Å²) in [6.07, 6.45) is 1.22. The van der Waals surface area contributed by atoms with E-state index in [0.717, 1.165) is 5.56 Å². The van der Waals surface area contributed by atoms with Crippen molar-refractivity contribution in [3.63, 3.8) is 0 Å². The fraction of sp³-hybridized carbons (Fsp3) is 0.250. The molecule has 0 fully saturated rings. The molecular formula is C16H19NO2S. The van der Waals surface area contributed by atoms with Crippen LogP contribution in [0, 0.1) is 0 Å². The lowest BCUT2D eigenvalue weighted by Gasteiger charge is -2.14. The Hall–Kier alpha value is -1.65. The summed E-state index contributed by atoms with van der Waals surface area (Å²) in [7, 11) is -3.11. The quantitative estimate of drug-likeness (QED) is 0.920. The van der Waals surface area contributed by atoms with Crippen molar-refractivity contribution < 1.29 is 8.42 Å².